The summed E-state index contributed by atoms with van der Waals surface area (Å²) in [5.41, 5.74) is -0.0707. The molecule has 0 saturated heterocycles. The van der Waals surface area contributed by atoms with Gasteiger partial charge in [-0.25, -0.2) is 4.98 Å². The topological polar surface area (TPSA) is 46.0 Å². The van der Waals surface area contributed by atoms with Gasteiger partial charge in [0.1, 0.15) is 17.3 Å². The zero-order valence-electron chi connectivity index (χ0n) is 43.4. The number of nitrogens with zero attached hydrogens (tertiary/aromatic N) is 5. The van der Waals surface area contributed by atoms with Crippen molar-refractivity contribution in [2.45, 2.75) is 78.3 Å². The molecule has 264 valence electrons. The van der Waals surface area contributed by atoms with E-state index < -0.39 is 66.8 Å². The van der Waals surface area contributed by atoms with Gasteiger partial charge in [-0.15, -0.1) is 0 Å². The summed E-state index contributed by atoms with van der Waals surface area (Å²) in [5.74, 6) is 1.61. The number of pyridine rings is 2. The van der Waals surface area contributed by atoms with Gasteiger partial charge in [0.15, 0.2) is 0 Å². The average Bonchev–Trinajstić information content (AvgIpc) is 3.75. The first-order valence-electron chi connectivity index (χ1n) is 23.8. The van der Waals surface area contributed by atoms with Gasteiger partial charge in [-0.3, -0.25) is 9.55 Å². The Morgan fingerprint density at radius 2 is 1.32 bits per heavy atom. The molecular formula is C47H47N5O+2. The largest absolute Gasteiger partial charge is 0.503 e. The summed E-state index contributed by atoms with van der Waals surface area (Å²) < 4.78 is 122. The molecule has 0 spiro atoms. The van der Waals surface area contributed by atoms with Crippen LogP contribution in [0.2, 0.25) is 0 Å². The number of fused-ring (bicyclic) bond motifs is 4. The predicted octanol–water partition coefficient (Wildman–Crippen LogP) is 12.1. The van der Waals surface area contributed by atoms with E-state index in [0.29, 0.717) is 28.6 Å². The van der Waals surface area contributed by atoms with Gasteiger partial charge >= 0.3 is 6.01 Å². The molecule has 4 heterocycles. The first-order chi connectivity index (χ1) is 30.6. The van der Waals surface area contributed by atoms with Gasteiger partial charge < -0.3 is 4.74 Å². The minimum absolute atomic E-state index is 0.121. The van der Waals surface area contributed by atoms with E-state index >= 15 is 0 Å². The second kappa shape index (κ2) is 12.4. The van der Waals surface area contributed by atoms with Crippen molar-refractivity contribution in [3.63, 3.8) is 0 Å². The lowest BCUT2D eigenvalue weighted by atomic mass is 9.86. The SMILES string of the molecule is [2H]c1c([2H])c(C(C([2H])([2H])[2H])(C([2H])([2H])[2H])C([2H])([2H])[2H])c([2H])c([2H])c1[N+]1=C=[N+](c2cc(Oc3cnc4c5ccccc5n(-c5cc(C(C)(C)C)ccn5)c4c3)cc(C(C)(C)C)c2)c2ccccc21. The molecule has 1 aliphatic rings. The monoisotopic (exact) mass is 710 g/mol. The van der Waals surface area contributed by atoms with Crippen molar-refractivity contribution in [2.75, 3.05) is 0 Å². The number of hydrogen-bond acceptors (Lipinski definition) is 3. The summed E-state index contributed by atoms with van der Waals surface area (Å²) in [5, 5.41) is 0.949. The zero-order chi connectivity index (χ0) is 48.3. The van der Waals surface area contributed by atoms with E-state index in [9.17, 15) is 0 Å². The lowest BCUT2D eigenvalue weighted by molar-refractivity contribution is 0.477. The van der Waals surface area contributed by atoms with Crippen LogP contribution >= 0.6 is 0 Å². The predicted molar refractivity (Wildman–Crippen MR) is 220 cm³/mol. The molecule has 0 fully saturated rings. The molecule has 0 saturated carbocycles. The molecule has 0 bridgehead atoms. The second-order valence-corrected chi connectivity index (χ2v) is 15.3. The van der Waals surface area contributed by atoms with E-state index in [0.717, 1.165) is 38.9 Å². The summed E-state index contributed by atoms with van der Waals surface area (Å²) in [6, 6.07) is 25.8. The average molecular weight is 711 g/mol. The van der Waals surface area contributed by atoms with E-state index in [4.69, 9.17) is 32.5 Å². The Hall–Kier alpha value is -5.84. The van der Waals surface area contributed by atoms with Crippen molar-refractivity contribution < 1.29 is 22.6 Å². The highest BCUT2D eigenvalue weighted by Crippen LogP contribution is 2.40. The third-order valence-electron chi connectivity index (χ3n) is 9.35. The van der Waals surface area contributed by atoms with Crippen LogP contribution in [0.3, 0.4) is 0 Å². The molecule has 6 nitrogen and oxygen atoms in total. The number of rotatable bonds is 5. The van der Waals surface area contributed by atoms with E-state index in [-0.39, 0.29) is 5.41 Å². The Morgan fingerprint density at radius 1 is 0.642 bits per heavy atom. The van der Waals surface area contributed by atoms with Crippen LogP contribution in [-0.2, 0) is 16.2 Å². The highest BCUT2D eigenvalue weighted by molar-refractivity contribution is 6.07. The van der Waals surface area contributed by atoms with Gasteiger partial charge in [-0.05, 0) is 66.4 Å². The molecular weight excluding hydrogens is 651 g/mol. The maximum absolute atomic E-state index is 9.15. The van der Waals surface area contributed by atoms with Gasteiger partial charge in [-0.2, -0.15) is 0 Å². The molecule has 6 heteroatoms. The second-order valence-electron chi connectivity index (χ2n) is 15.3. The zero-order valence-corrected chi connectivity index (χ0v) is 30.4. The Morgan fingerprint density at radius 3 is 2.02 bits per heavy atom. The van der Waals surface area contributed by atoms with Crippen molar-refractivity contribution in [1.29, 1.82) is 0 Å². The molecule has 0 N–H and O–H groups in total. The fraction of sp³-hybridized carbons (Fsp3) is 0.255. The van der Waals surface area contributed by atoms with Crippen LogP contribution in [0.1, 0.15) is 96.6 Å². The quantitative estimate of drug-likeness (QED) is 0.167. The van der Waals surface area contributed by atoms with Gasteiger partial charge in [0.05, 0.1) is 34.3 Å². The Labute approximate surface area is 330 Å². The van der Waals surface area contributed by atoms with E-state index in [1.807, 2.05) is 75.5 Å². The van der Waals surface area contributed by atoms with Crippen molar-refractivity contribution in [3.8, 4) is 17.3 Å². The molecule has 53 heavy (non-hydrogen) atoms. The lowest BCUT2D eigenvalue weighted by Crippen LogP contribution is -2.12. The summed E-state index contributed by atoms with van der Waals surface area (Å²) in [7, 11) is 0. The maximum atomic E-state index is 9.15. The number of aromatic nitrogens is 3. The molecule has 3 aromatic heterocycles. The van der Waals surface area contributed by atoms with Gasteiger partial charge in [-0.1, -0.05) is 105 Å². The molecule has 8 rings (SSSR count). The molecule has 4 aromatic carbocycles. The van der Waals surface area contributed by atoms with Crippen molar-refractivity contribution in [1.82, 2.24) is 23.7 Å². The number of ether oxygens (including phenoxy) is 1. The highest BCUT2D eigenvalue weighted by atomic mass is 16.5. The molecule has 0 atom stereocenters. The Kier molecular flexibility index (Phi) is 5.21. The van der Waals surface area contributed by atoms with Crippen LogP contribution in [0.15, 0.2) is 121 Å². The van der Waals surface area contributed by atoms with Gasteiger partial charge in [0.2, 0.25) is 11.4 Å². The van der Waals surface area contributed by atoms with Crippen LogP contribution in [0, 0.1) is 0 Å². The molecule has 0 amide bonds. The van der Waals surface area contributed by atoms with Crippen molar-refractivity contribution in [3.05, 3.63) is 138 Å². The minimum atomic E-state index is -3.81. The van der Waals surface area contributed by atoms with E-state index in [1.165, 1.54) is 4.58 Å². The first-order valence-corrected chi connectivity index (χ1v) is 17.3. The number of hydrogen-bond donors (Lipinski definition) is 0. The minimum Gasteiger partial charge on any atom is -0.455 e. The van der Waals surface area contributed by atoms with E-state index in [2.05, 4.69) is 37.4 Å². The fourth-order valence-corrected chi connectivity index (χ4v) is 6.48. The summed E-state index contributed by atoms with van der Waals surface area (Å²) in [4.78, 5) is 9.68. The highest BCUT2D eigenvalue weighted by Gasteiger charge is 2.37. The maximum Gasteiger partial charge on any atom is 0.503 e. The van der Waals surface area contributed by atoms with Crippen LogP contribution in [0.5, 0.6) is 11.5 Å². The molecule has 1 aliphatic heterocycles. The van der Waals surface area contributed by atoms with Crippen molar-refractivity contribution in [2.24, 2.45) is 0 Å². The van der Waals surface area contributed by atoms with Crippen LogP contribution in [0.4, 0.5) is 22.7 Å². The van der Waals surface area contributed by atoms with E-state index in [1.54, 1.807) is 41.1 Å². The number of para-hydroxylation sites is 3. The van der Waals surface area contributed by atoms with Gasteiger partial charge in [0.25, 0.3) is 11.4 Å². The number of benzene rings is 4. The third kappa shape index (κ3) is 6.34. The first kappa shape index (κ1) is 22.3. The molecule has 0 radical (unpaired) electrons. The molecule has 0 aliphatic carbocycles. The summed E-state index contributed by atoms with van der Waals surface area (Å²) in [6.07, 6.45) is 3.47. The normalized spacial score (nSPS) is 17.6. The van der Waals surface area contributed by atoms with Crippen LogP contribution in [0.25, 0.3) is 27.8 Å². The summed E-state index contributed by atoms with van der Waals surface area (Å²) >= 11 is 0. The van der Waals surface area contributed by atoms with Gasteiger partial charge in [0, 0.05) is 60.3 Å². The summed E-state index contributed by atoms with van der Waals surface area (Å²) in [6.45, 7) is 1.16. The molecule has 0 unspecified atom stereocenters. The Bertz CT molecular complexity index is 3130. The van der Waals surface area contributed by atoms with Crippen LogP contribution in [-0.4, -0.2) is 20.5 Å². The van der Waals surface area contributed by atoms with Crippen LogP contribution < -0.4 is 13.9 Å². The Balaban J connectivity index is 1.32. The lowest BCUT2D eigenvalue weighted by Gasteiger charge is -2.20. The standard InChI is InChI=1S/C47H47N5O/c1-45(2,3)31-18-20-34(21-19-31)50-30-51(41-17-13-12-16-40(41)50)35-24-33(47(7,8)9)25-36(27-35)53-37-28-42-44(49-29-37)38-14-10-11-15-39(38)52(42)43-26-32(22-23-48-43)46(4,5)6/h10-29H,1-9H3/q+2/i1D3,2D3,3D3,18D,19D,20D,21D. The molecule has 7 aromatic rings. The fourth-order valence-electron chi connectivity index (χ4n) is 6.48. The third-order valence-corrected chi connectivity index (χ3v) is 9.35. The van der Waals surface area contributed by atoms with Crippen molar-refractivity contribution >= 4 is 50.7 Å². The smallest absolute Gasteiger partial charge is 0.455 e.